The van der Waals surface area contributed by atoms with E-state index in [1.165, 1.54) is 7.05 Å². The van der Waals surface area contributed by atoms with E-state index in [4.69, 9.17) is 4.74 Å². The van der Waals surface area contributed by atoms with Crippen molar-refractivity contribution < 1.29 is 19.1 Å². The number of rotatable bonds is 5. The molecule has 0 aliphatic carbocycles. The molecule has 0 saturated heterocycles. The molecule has 0 fully saturated rings. The molecule has 0 radical (unpaired) electrons. The van der Waals surface area contributed by atoms with Gasteiger partial charge < -0.3 is 15.4 Å². The summed E-state index contributed by atoms with van der Waals surface area (Å²) in [5.74, 6) is -0.253. The lowest BCUT2D eigenvalue weighted by Gasteiger charge is -2.09. The predicted molar refractivity (Wildman–Crippen MR) is 93.0 cm³/mol. The summed E-state index contributed by atoms with van der Waals surface area (Å²) in [6.07, 6.45) is 0. The van der Waals surface area contributed by atoms with Crippen LogP contribution in [-0.4, -0.2) is 43.3 Å². The SMILES string of the molecule is COc1cccc(NC(=O)CNc2ccc3c(c2)C(=O)N(C)C3=O)c1. The summed E-state index contributed by atoms with van der Waals surface area (Å²) in [5.41, 5.74) is 1.93. The van der Waals surface area contributed by atoms with Crippen LogP contribution in [0.3, 0.4) is 0 Å². The first-order chi connectivity index (χ1) is 12.0. The molecule has 25 heavy (non-hydrogen) atoms. The van der Waals surface area contributed by atoms with Crippen molar-refractivity contribution in [1.29, 1.82) is 0 Å². The molecule has 0 bridgehead atoms. The highest BCUT2D eigenvalue weighted by molar-refractivity contribution is 6.21. The Bertz CT molecular complexity index is 863. The molecule has 0 spiro atoms. The van der Waals surface area contributed by atoms with Gasteiger partial charge in [0, 0.05) is 24.5 Å². The number of carbonyl (C=O) groups excluding carboxylic acids is 3. The van der Waals surface area contributed by atoms with Crippen LogP contribution in [0.1, 0.15) is 20.7 Å². The monoisotopic (exact) mass is 339 g/mol. The van der Waals surface area contributed by atoms with Gasteiger partial charge in [0.05, 0.1) is 24.8 Å². The molecule has 7 nitrogen and oxygen atoms in total. The lowest BCUT2D eigenvalue weighted by Crippen LogP contribution is -2.24. The van der Waals surface area contributed by atoms with Crippen LogP contribution in [-0.2, 0) is 4.79 Å². The van der Waals surface area contributed by atoms with E-state index in [1.807, 2.05) is 0 Å². The fraction of sp³-hybridized carbons (Fsp3) is 0.167. The number of fused-ring (bicyclic) bond motifs is 1. The fourth-order valence-corrected chi connectivity index (χ4v) is 2.56. The normalized spacial score (nSPS) is 12.8. The zero-order valence-electron chi connectivity index (χ0n) is 13.8. The van der Waals surface area contributed by atoms with Crippen molar-refractivity contribution in [1.82, 2.24) is 4.90 Å². The minimum atomic E-state index is -0.343. The van der Waals surface area contributed by atoms with Crippen molar-refractivity contribution in [2.45, 2.75) is 0 Å². The molecular formula is C18H17N3O4. The average Bonchev–Trinajstić information content (AvgIpc) is 2.84. The van der Waals surface area contributed by atoms with Gasteiger partial charge >= 0.3 is 0 Å². The van der Waals surface area contributed by atoms with E-state index in [-0.39, 0.29) is 24.3 Å². The van der Waals surface area contributed by atoms with Crippen LogP contribution >= 0.6 is 0 Å². The highest BCUT2D eigenvalue weighted by atomic mass is 16.5. The van der Waals surface area contributed by atoms with E-state index in [0.717, 1.165) is 4.90 Å². The number of nitrogens with one attached hydrogen (secondary N) is 2. The Labute approximate surface area is 144 Å². The molecule has 128 valence electrons. The van der Waals surface area contributed by atoms with Crippen LogP contribution in [0.15, 0.2) is 42.5 Å². The number of hydrogen-bond donors (Lipinski definition) is 2. The molecule has 2 aromatic carbocycles. The second kappa shape index (κ2) is 6.64. The quantitative estimate of drug-likeness (QED) is 0.813. The molecular weight excluding hydrogens is 322 g/mol. The van der Waals surface area contributed by atoms with E-state index in [2.05, 4.69) is 10.6 Å². The van der Waals surface area contributed by atoms with Crippen molar-refractivity contribution in [2.24, 2.45) is 0 Å². The number of imide groups is 1. The number of hydrogen-bond acceptors (Lipinski definition) is 5. The number of anilines is 2. The summed E-state index contributed by atoms with van der Waals surface area (Å²) < 4.78 is 5.11. The minimum Gasteiger partial charge on any atom is -0.497 e. The second-order valence-electron chi connectivity index (χ2n) is 5.56. The van der Waals surface area contributed by atoms with Gasteiger partial charge in [0.1, 0.15) is 5.75 Å². The van der Waals surface area contributed by atoms with E-state index in [0.29, 0.717) is 28.3 Å². The largest absolute Gasteiger partial charge is 0.497 e. The third-order valence-corrected chi connectivity index (χ3v) is 3.90. The zero-order valence-corrected chi connectivity index (χ0v) is 13.8. The highest BCUT2D eigenvalue weighted by Gasteiger charge is 2.32. The van der Waals surface area contributed by atoms with Gasteiger partial charge in [-0.15, -0.1) is 0 Å². The third kappa shape index (κ3) is 3.30. The van der Waals surface area contributed by atoms with E-state index in [1.54, 1.807) is 49.6 Å². The van der Waals surface area contributed by atoms with Gasteiger partial charge in [0.15, 0.2) is 0 Å². The summed E-state index contributed by atoms with van der Waals surface area (Å²) in [6, 6.07) is 11.9. The van der Waals surface area contributed by atoms with Crippen LogP contribution in [0.4, 0.5) is 11.4 Å². The van der Waals surface area contributed by atoms with Crippen LogP contribution in [0, 0.1) is 0 Å². The number of carbonyl (C=O) groups is 3. The molecule has 1 aliphatic heterocycles. The number of amides is 3. The van der Waals surface area contributed by atoms with E-state index >= 15 is 0 Å². The lowest BCUT2D eigenvalue weighted by atomic mass is 10.1. The zero-order chi connectivity index (χ0) is 18.0. The Balaban J connectivity index is 1.63. The molecule has 7 heteroatoms. The Morgan fingerprint density at radius 1 is 1.04 bits per heavy atom. The minimum absolute atomic E-state index is 0.0218. The summed E-state index contributed by atoms with van der Waals surface area (Å²) in [7, 11) is 3.00. The molecule has 3 amide bonds. The number of methoxy groups -OCH3 is 1. The maximum absolute atomic E-state index is 12.0. The second-order valence-corrected chi connectivity index (χ2v) is 5.56. The molecule has 1 heterocycles. The standard InChI is InChI=1S/C18H17N3O4/c1-21-17(23)14-7-6-11(9-15(14)18(21)24)19-10-16(22)20-12-4-3-5-13(8-12)25-2/h3-9,19H,10H2,1-2H3,(H,20,22). The van der Waals surface area contributed by atoms with Crippen molar-refractivity contribution in [2.75, 3.05) is 31.3 Å². The van der Waals surface area contributed by atoms with Gasteiger partial charge in [-0.25, -0.2) is 0 Å². The Kier molecular flexibility index (Phi) is 4.38. The molecule has 1 aliphatic rings. The molecule has 0 unspecified atom stereocenters. The van der Waals surface area contributed by atoms with Gasteiger partial charge in [-0.1, -0.05) is 6.07 Å². The van der Waals surface area contributed by atoms with E-state index in [9.17, 15) is 14.4 Å². The van der Waals surface area contributed by atoms with Crippen LogP contribution < -0.4 is 15.4 Å². The van der Waals surface area contributed by atoms with Crippen LogP contribution in [0.2, 0.25) is 0 Å². The van der Waals surface area contributed by atoms with Crippen molar-refractivity contribution in [3.63, 3.8) is 0 Å². The first-order valence-corrected chi connectivity index (χ1v) is 7.64. The lowest BCUT2D eigenvalue weighted by molar-refractivity contribution is -0.114. The third-order valence-electron chi connectivity index (χ3n) is 3.90. The van der Waals surface area contributed by atoms with Crippen LogP contribution in [0.25, 0.3) is 0 Å². The first-order valence-electron chi connectivity index (χ1n) is 7.64. The number of benzene rings is 2. The van der Waals surface area contributed by atoms with Crippen LogP contribution in [0.5, 0.6) is 5.75 Å². The van der Waals surface area contributed by atoms with Crippen molar-refractivity contribution in [3.05, 3.63) is 53.6 Å². The summed E-state index contributed by atoms with van der Waals surface area (Å²) in [6.45, 7) is 0.0218. The van der Waals surface area contributed by atoms with Crippen molar-refractivity contribution in [3.8, 4) is 5.75 Å². The molecule has 2 aromatic rings. The predicted octanol–water partition coefficient (Wildman–Crippen LogP) is 1.97. The smallest absolute Gasteiger partial charge is 0.261 e. The van der Waals surface area contributed by atoms with E-state index < -0.39 is 0 Å². The van der Waals surface area contributed by atoms with Gasteiger partial charge in [0.25, 0.3) is 11.8 Å². The van der Waals surface area contributed by atoms with Gasteiger partial charge in [-0.3, -0.25) is 19.3 Å². The molecule has 0 aromatic heterocycles. The maximum Gasteiger partial charge on any atom is 0.261 e. The number of nitrogens with zero attached hydrogens (tertiary/aromatic N) is 1. The average molecular weight is 339 g/mol. The number of ether oxygens (including phenoxy) is 1. The first kappa shape index (κ1) is 16.5. The van der Waals surface area contributed by atoms with Gasteiger partial charge in [0.2, 0.25) is 5.91 Å². The molecule has 3 rings (SSSR count). The highest BCUT2D eigenvalue weighted by Crippen LogP contribution is 2.24. The van der Waals surface area contributed by atoms with Gasteiger partial charge in [-0.05, 0) is 30.3 Å². The topological polar surface area (TPSA) is 87.7 Å². The molecule has 0 atom stereocenters. The molecule has 2 N–H and O–H groups in total. The Hall–Kier alpha value is -3.35. The molecule has 0 saturated carbocycles. The summed E-state index contributed by atoms with van der Waals surface area (Å²) >= 11 is 0. The Morgan fingerprint density at radius 3 is 2.56 bits per heavy atom. The summed E-state index contributed by atoms with van der Waals surface area (Å²) in [4.78, 5) is 37.0. The summed E-state index contributed by atoms with van der Waals surface area (Å²) in [5, 5.41) is 5.70. The fourth-order valence-electron chi connectivity index (χ4n) is 2.56. The maximum atomic E-state index is 12.0. The van der Waals surface area contributed by atoms with Gasteiger partial charge in [-0.2, -0.15) is 0 Å². The Morgan fingerprint density at radius 2 is 1.80 bits per heavy atom. The van der Waals surface area contributed by atoms with Crippen molar-refractivity contribution >= 4 is 29.1 Å².